The predicted molar refractivity (Wildman–Crippen MR) is 86.2 cm³/mol. The van der Waals surface area contributed by atoms with E-state index in [1.807, 2.05) is 4.90 Å². The summed E-state index contributed by atoms with van der Waals surface area (Å²) in [5, 5.41) is 3.25. The number of pyridine rings is 1. The van der Waals surface area contributed by atoms with Crippen LogP contribution in [-0.2, 0) is 13.0 Å². The Morgan fingerprint density at radius 1 is 1.13 bits per heavy atom. The first-order valence-corrected chi connectivity index (χ1v) is 8.00. The second kappa shape index (κ2) is 6.54. The third-order valence-corrected chi connectivity index (χ3v) is 4.43. The Kier molecular flexibility index (Phi) is 4.47. The lowest BCUT2D eigenvalue weighted by Gasteiger charge is -2.33. The van der Waals surface area contributed by atoms with Gasteiger partial charge in [0, 0.05) is 65.8 Å². The molecule has 7 heteroatoms. The molecule has 0 bridgehead atoms. The summed E-state index contributed by atoms with van der Waals surface area (Å²) in [7, 11) is 3.50. The molecule has 0 atom stereocenters. The first kappa shape index (κ1) is 15.7. The van der Waals surface area contributed by atoms with Crippen molar-refractivity contribution in [3.05, 3.63) is 29.1 Å². The summed E-state index contributed by atoms with van der Waals surface area (Å²) in [6, 6.07) is -0.00511. The Balaban J connectivity index is 1.82. The van der Waals surface area contributed by atoms with Crippen LogP contribution in [0.25, 0.3) is 0 Å². The first-order chi connectivity index (χ1) is 11.1. The van der Waals surface area contributed by atoms with Gasteiger partial charge in [-0.2, -0.15) is 0 Å². The second-order valence-electron chi connectivity index (χ2n) is 6.22. The lowest BCUT2D eigenvalue weighted by molar-refractivity contribution is 0.0733. The van der Waals surface area contributed by atoms with Gasteiger partial charge in [0.25, 0.3) is 5.91 Å². The van der Waals surface area contributed by atoms with Gasteiger partial charge < -0.3 is 20.0 Å². The summed E-state index contributed by atoms with van der Waals surface area (Å²) in [5.41, 5.74) is 2.72. The molecule has 3 heterocycles. The van der Waals surface area contributed by atoms with Crippen LogP contribution in [0.1, 0.15) is 21.5 Å². The van der Waals surface area contributed by atoms with E-state index in [1.54, 1.807) is 36.3 Å². The van der Waals surface area contributed by atoms with Crippen LogP contribution in [0.4, 0.5) is 4.79 Å². The fourth-order valence-corrected chi connectivity index (χ4v) is 3.16. The van der Waals surface area contributed by atoms with Crippen molar-refractivity contribution in [3.8, 4) is 0 Å². The van der Waals surface area contributed by atoms with E-state index in [9.17, 15) is 9.59 Å². The second-order valence-corrected chi connectivity index (χ2v) is 6.22. The molecule has 1 aromatic heterocycles. The van der Waals surface area contributed by atoms with Gasteiger partial charge in [0.1, 0.15) is 0 Å². The maximum atomic E-state index is 12.8. The number of carbonyl (C=O) groups excluding carboxylic acids is 2. The number of hydrogen-bond donors (Lipinski definition) is 1. The molecular weight excluding hydrogens is 294 g/mol. The molecule has 3 rings (SSSR count). The van der Waals surface area contributed by atoms with Crippen molar-refractivity contribution >= 4 is 11.9 Å². The van der Waals surface area contributed by atoms with Crippen LogP contribution in [0.15, 0.2) is 12.4 Å². The molecule has 0 aliphatic carbocycles. The molecule has 7 nitrogen and oxygen atoms in total. The van der Waals surface area contributed by atoms with Crippen LogP contribution in [-0.4, -0.2) is 78.4 Å². The molecule has 0 radical (unpaired) electrons. The van der Waals surface area contributed by atoms with Gasteiger partial charge in [0.15, 0.2) is 0 Å². The van der Waals surface area contributed by atoms with Crippen molar-refractivity contribution < 1.29 is 9.59 Å². The minimum absolute atomic E-state index is 0.00511. The highest BCUT2D eigenvalue weighted by Gasteiger charge is 2.27. The third-order valence-electron chi connectivity index (χ3n) is 4.43. The van der Waals surface area contributed by atoms with Crippen LogP contribution in [0, 0.1) is 0 Å². The molecule has 1 fully saturated rings. The van der Waals surface area contributed by atoms with Gasteiger partial charge in [-0.3, -0.25) is 9.78 Å². The quantitative estimate of drug-likeness (QED) is 0.801. The number of fused-ring (bicyclic) bond motifs is 1. The van der Waals surface area contributed by atoms with Crippen LogP contribution < -0.4 is 5.32 Å². The zero-order valence-electron chi connectivity index (χ0n) is 13.7. The smallest absolute Gasteiger partial charge is 0.319 e. The van der Waals surface area contributed by atoms with Crippen molar-refractivity contribution in [1.82, 2.24) is 25.0 Å². The van der Waals surface area contributed by atoms with Crippen molar-refractivity contribution in [1.29, 1.82) is 0 Å². The predicted octanol–water partition coefficient (Wildman–Crippen LogP) is 0.167. The van der Waals surface area contributed by atoms with Crippen LogP contribution in [0.3, 0.4) is 0 Å². The molecule has 0 unspecified atom stereocenters. The maximum Gasteiger partial charge on any atom is 0.319 e. The minimum Gasteiger partial charge on any atom is -0.336 e. The number of amides is 3. The monoisotopic (exact) mass is 317 g/mol. The van der Waals surface area contributed by atoms with Crippen LogP contribution in [0.2, 0.25) is 0 Å². The first-order valence-electron chi connectivity index (χ1n) is 8.00. The van der Waals surface area contributed by atoms with Crippen molar-refractivity contribution in [2.75, 3.05) is 46.8 Å². The van der Waals surface area contributed by atoms with Gasteiger partial charge >= 0.3 is 6.03 Å². The zero-order chi connectivity index (χ0) is 16.4. The molecule has 0 spiro atoms. The Morgan fingerprint density at radius 3 is 2.57 bits per heavy atom. The minimum atomic E-state index is -0.00511. The summed E-state index contributed by atoms with van der Waals surface area (Å²) in [6.45, 7) is 4.28. The fourth-order valence-electron chi connectivity index (χ4n) is 3.16. The standard InChI is InChI=1S/C16H23N5O2/c1-19(2)16(23)21-6-3-13-12(11-21)9-18-10-14(13)15(22)20-7-4-17-5-8-20/h9-10,17H,3-8,11H2,1-2H3. The lowest BCUT2D eigenvalue weighted by atomic mass is 9.96. The Bertz CT molecular complexity index is 610. The highest BCUT2D eigenvalue weighted by Crippen LogP contribution is 2.23. The van der Waals surface area contributed by atoms with E-state index >= 15 is 0 Å². The topological polar surface area (TPSA) is 68.8 Å². The van der Waals surface area contributed by atoms with Gasteiger partial charge in [0.2, 0.25) is 0 Å². The van der Waals surface area contributed by atoms with E-state index in [1.165, 1.54) is 0 Å². The molecule has 3 amide bonds. The molecule has 0 aromatic carbocycles. The van der Waals surface area contributed by atoms with Crippen LogP contribution in [0.5, 0.6) is 0 Å². The largest absolute Gasteiger partial charge is 0.336 e. The van der Waals surface area contributed by atoms with E-state index < -0.39 is 0 Å². The van der Waals surface area contributed by atoms with Gasteiger partial charge in [-0.25, -0.2) is 4.79 Å². The Morgan fingerprint density at radius 2 is 1.87 bits per heavy atom. The third kappa shape index (κ3) is 3.14. The number of piperazine rings is 1. The number of urea groups is 1. The van der Waals surface area contributed by atoms with Gasteiger partial charge in [-0.15, -0.1) is 0 Å². The molecule has 0 saturated carbocycles. The molecule has 124 valence electrons. The fraction of sp³-hybridized carbons (Fsp3) is 0.562. The van der Waals surface area contributed by atoms with Crippen molar-refractivity contribution in [2.24, 2.45) is 0 Å². The number of aromatic nitrogens is 1. The number of rotatable bonds is 1. The highest BCUT2D eigenvalue weighted by atomic mass is 16.2. The van der Waals surface area contributed by atoms with Crippen LogP contribution >= 0.6 is 0 Å². The van der Waals surface area contributed by atoms with Crippen molar-refractivity contribution in [3.63, 3.8) is 0 Å². The lowest BCUT2D eigenvalue weighted by Crippen LogP contribution is -2.47. The van der Waals surface area contributed by atoms with E-state index in [0.717, 1.165) is 37.3 Å². The van der Waals surface area contributed by atoms with Gasteiger partial charge in [0.05, 0.1) is 5.56 Å². The Labute approximate surface area is 136 Å². The molecule has 2 aliphatic heterocycles. The molecule has 2 aliphatic rings. The molecular formula is C16H23N5O2. The summed E-state index contributed by atoms with van der Waals surface area (Å²) >= 11 is 0. The van der Waals surface area contributed by atoms with E-state index in [0.29, 0.717) is 25.1 Å². The highest BCUT2D eigenvalue weighted by molar-refractivity contribution is 5.96. The normalized spacial score (nSPS) is 17.7. The zero-order valence-corrected chi connectivity index (χ0v) is 13.7. The number of nitrogens with zero attached hydrogens (tertiary/aromatic N) is 4. The Hall–Kier alpha value is -2.15. The SMILES string of the molecule is CN(C)C(=O)N1CCc2c(cncc2C(=O)N2CCNCC2)C1. The molecule has 1 aromatic rings. The van der Waals surface area contributed by atoms with E-state index in [2.05, 4.69) is 10.3 Å². The van der Waals surface area contributed by atoms with Gasteiger partial charge in [-0.05, 0) is 17.5 Å². The molecule has 1 N–H and O–H groups in total. The summed E-state index contributed by atoms with van der Waals surface area (Å²) in [6.07, 6.45) is 4.15. The average Bonchev–Trinajstić information content (AvgIpc) is 2.60. The summed E-state index contributed by atoms with van der Waals surface area (Å²) in [5.74, 6) is 0.0586. The van der Waals surface area contributed by atoms with Gasteiger partial charge in [-0.1, -0.05) is 0 Å². The number of hydrogen-bond acceptors (Lipinski definition) is 4. The molecule has 1 saturated heterocycles. The number of carbonyl (C=O) groups is 2. The van der Waals surface area contributed by atoms with E-state index in [-0.39, 0.29) is 11.9 Å². The summed E-state index contributed by atoms with van der Waals surface area (Å²) < 4.78 is 0. The molecule has 23 heavy (non-hydrogen) atoms. The summed E-state index contributed by atoms with van der Waals surface area (Å²) in [4.78, 5) is 34.4. The average molecular weight is 317 g/mol. The van der Waals surface area contributed by atoms with Crippen molar-refractivity contribution in [2.45, 2.75) is 13.0 Å². The maximum absolute atomic E-state index is 12.8. The number of nitrogens with one attached hydrogen (secondary N) is 1. The van der Waals surface area contributed by atoms with E-state index in [4.69, 9.17) is 0 Å².